The molecule has 1 aromatic carbocycles. The zero-order chi connectivity index (χ0) is 15.1. The third-order valence-electron chi connectivity index (χ3n) is 2.57. The number of carboxylic acid groups (broad SMARTS) is 1. The van der Waals surface area contributed by atoms with E-state index in [0.717, 1.165) is 0 Å². The number of halogens is 2. The standard InChI is InChI=1S/C13H16Cl2N2O3/c1-17(7-3-6-12(19)20)8-11(18)16-13-9(14)4-2-5-10(13)15/h2,4-5H,3,6-8H2,1H3,(H,16,18)(H,19,20). The van der Waals surface area contributed by atoms with Gasteiger partial charge in [-0.25, -0.2) is 0 Å². The van der Waals surface area contributed by atoms with Gasteiger partial charge in [0.05, 0.1) is 22.3 Å². The summed E-state index contributed by atoms with van der Waals surface area (Å²) in [5.41, 5.74) is 0.389. The van der Waals surface area contributed by atoms with Gasteiger partial charge >= 0.3 is 5.97 Å². The van der Waals surface area contributed by atoms with E-state index in [9.17, 15) is 9.59 Å². The van der Waals surface area contributed by atoms with Crippen LogP contribution >= 0.6 is 23.2 Å². The highest BCUT2D eigenvalue weighted by molar-refractivity contribution is 6.39. The van der Waals surface area contributed by atoms with Crippen molar-refractivity contribution in [1.82, 2.24) is 4.90 Å². The fourth-order valence-corrected chi connectivity index (χ4v) is 2.11. The summed E-state index contributed by atoms with van der Waals surface area (Å²) >= 11 is 11.9. The van der Waals surface area contributed by atoms with Gasteiger partial charge in [-0.3, -0.25) is 14.5 Å². The van der Waals surface area contributed by atoms with Crippen LogP contribution in [0.25, 0.3) is 0 Å². The van der Waals surface area contributed by atoms with Crippen molar-refractivity contribution < 1.29 is 14.7 Å². The number of likely N-dealkylation sites (N-methyl/N-ethyl adjacent to an activating group) is 1. The Morgan fingerprint density at radius 2 is 1.90 bits per heavy atom. The van der Waals surface area contributed by atoms with Crippen molar-refractivity contribution in [3.63, 3.8) is 0 Å². The van der Waals surface area contributed by atoms with E-state index >= 15 is 0 Å². The predicted octanol–water partition coefficient (Wildman–Crippen LogP) is 2.73. The number of amides is 1. The summed E-state index contributed by atoms with van der Waals surface area (Å²) < 4.78 is 0. The highest BCUT2D eigenvalue weighted by atomic mass is 35.5. The average Bonchev–Trinajstić information content (AvgIpc) is 2.33. The van der Waals surface area contributed by atoms with Crippen LogP contribution < -0.4 is 5.32 Å². The minimum atomic E-state index is -0.842. The molecule has 0 fully saturated rings. The van der Waals surface area contributed by atoms with Gasteiger partial charge in [0.15, 0.2) is 0 Å². The number of nitrogens with one attached hydrogen (secondary N) is 1. The molecule has 0 saturated carbocycles. The number of hydrogen-bond acceptors (Lipinski definition) is 3. The van der Waals surface area contributed by atoms with Gasteiger partial charge in [0.1, 0.15) is 0 Å². The monoisotopic (exact) mass is 318 g/mol. The van der Waals surface area contributed by atoms with Gasteiger partial charge in [0.2, 0.25) is 5.91 Å². The molecule has 0 aromatic heterocycles. The first-order valence-electron chi connectivity index (χ1n) is 6.04. The van der Waals surface area contributed by atoms with Crippen LogP contribution in [0, 0.1) is 0 Å². The maximum Gasteiger partial charge on any atom is 0.303 e. The molecule has 5 nitrogen and oxygen atoms in total. The molecule has 110 valence electrons. The van der Waals surface area contributed by atoms with Crippen molar-refractivity contribution in [2.24, 2.45) is 0 Å². The summed E-state index contributed by atoms with van der Waals surface area (Å²) in [6.07, 6.45) is 0.578. The molecule has 0 heterocycles. The van der Waals surface area contributed by atoms with Crippen molar-refractivity contribution in [3.8, 4) is 0 Å². The number of rotatable bonds is 7. The summed E-state index contributed by atoms with van der Waals surface area (Å²) in [5.74, 6) is -1.09. The first kappa shape index (κ1) is 16.8. The summed E-state index contributed by atoms with van der Waals surface area (Å²) in [4.78, 5) is 24.0. The van der Waals surface area contributed by atoms with Crippen molar-refractivity contribution in [1.29, 1.82) is 0 Å². The quantitative estimate of drug-likeness (QED) is 0.811. The number of anilines is 1. The van der Waals surface area contributed by atoms with Gasteiger partial charge in [-0.1, -0.05) is 29.3 Å². The average molecular weight is 319 g/mol. The Kier molecular flexibility index (Phi) is 6.78. The Balaban J connectivity index is 2.45. The minimum Gasteiger partial charge on any atom is -0.481 e. The molecule has 0 bridgehead atoms. The Morgan fingerprint density at radius 1 is 1.30 bits per heavy atom. The zero-order valence-corrected chi connectivity index (χ0v) is 12.5. The lowest BCUT2D eigenvalue weighted by Crippen LogP contribution is -2.31. The molecule has 0 spiro atoms. The summed E-state index contributed by atoms with van der Waals surface area (Å²) in [5, 5.41) is 11.9. The van der Waals surface area contributed by atoms with Crippen LogP contribution in [0.1, 0.15) is 12.8 Å². The van der Waals surface area contributed by atoms with E-state index in [1.807, 2.05) is 0 Å². The molecule has 0 unspecified atom stereocenters. The first-order chi connectivity index (χ1) is 9.40. The third-order valence-corrected chi connectivity index (χ3v) is 3.20. The van der Waals surface area contributed by atoms with Crippen LogP contribution in [0.3, 0.4) is 0 Å². The molecule has 2 N–H and O–H groups in total. The number of hydrogen-bond donors (Lipinski definition) is 2. The van der Waals surface area contributed by atoms with Gasteiger partial charge in [0.25, 0.3) is 0 Å². The van der Waals surface area contributed by atoms with Crippen molar-refractivity contribution >= 4 is 40.8 Å². The van der Waals surface area contributed by atoms with Gasteiger partial charge in [-0.05, 0) is 32.1 Å². The Morgan fingerprint density at radius 3 is 2.45 bits per heavy atom. The summed E-state index contributed by atoms with van der Waals surface area (Å²) in [6.45, 7) is 0.664. The van der Waals surface area contributed by atoms with Gasteiger partial charge in [0, 0.05) is 6.42 Å². The van der Waals surface area contributed by atoms with Crippen LogP contribution in [-0.4, -0.2) is 42.0 Å². The normalized spacial score (nSPS) is 10.6. The first-order valence-corrected chi connectivity index (χ1v) is 6.80. The second-order valence-corrected chi connectivity index (χ2v) is 5.19. The van der Waals surface area contributed by atoms with Crippen molar-refractivity contribution in [2.75, 3.05) is 25.5 Å². The number of benzene rings is 1. The highest BCUT2D eigenvalue weighted by Crippen LogP contribution is 2.29. The molecule has 0 saturated heterocycles. The Labute approximate surface area is 127 Å². The van der Waals surface area contributed by atoms with E-state index in [0.29, 0.717) is 28.7 Å². The molecule has 1 amide bonds. The number of carboxylic acids is 1. The number of nitrogens with zero attached hydrogens (tertiary/aromatic N) is 1. The van der Waals surface area contributed by atoms with Gasteiger partial charge < -0.3 is 10.4 Å². The van der Waals surface area contributed by atoms with Crippen LogP contribution in [0.15, 0.2) is 18.2 Å². The second-order valence-electron chi connectivity index (χ2n) is 4.38. The molecular formula is C13H16Cl2N2O3. The van der Waals surface area contributed by atoms with Gasteiger partial charge in [-0.15, -0.1) is 0 Å². The molecule has 7 heteroatoms. The molecule has 0 aliphatic rings. The molecule has 0 radical (unpaired) electrons. The third kappa shape index (κ3) is 5.77. The summed E-state index contributed by atoms with van der Waals surface area (Å²) in [7, 11) is 1.75. The van der Waals surface area contributed by atoms with Crippen LogP contribution in [0.5, 0.6) is 0 Å². The maximum absolute atomic E-state index is 11.8. The van der Waals surface area contributed by atoms with E-state index in [-0.39, 0.29) is 18.9 Å². The molecular weight excluding hydrogens is 303 g/mol. The number of aliphatic carboxylic acids is 1. The fraction of sp³-hybridized carbons (Fsp3) is 0.385. The van der Waals surface area contributed by atoms with Gasteiger partial charge in [-0.2, -0.15) is 0 Å². The predicted molar refractivity (Wildman–Crippen MR) is 79.5 cm³/mol. The number of para-hydroxylation sites is 1. The molecule has 0 atom stereocenters. The lowest BCUT2D eigenvalue weighted by atomic mass is 10.3. The SMILES string of the molecule is CN(CCCC(=O)O)CC(=O)Nc1c(Cl)cccc1Cl. The van der Waals surface area contributed by atoms with E-state index in [4.69, 9.17) is 28.3 Å². The topological polar surface area (TPSA) is 69.6 Å². The van der Waals surface area contributed by atoms with Crippen LogP contribution in [0.2, 0.25) is 10.0 Å². The smallest absolute Gasteiger partial charge is 0.303 e. The van der Waals surface area contributed by atoms with E-state index < -0.39 is 5.97 Å². The molecule has 1 rings (SSSR count). The Bertz CT molecular complexity index is 474. The zero-order valence-electron chi connectivity index (χ0n) is 11.0. The lowest BCUT2D eigenvalue weighted by molar-refractivity contribution is -0.137. The fourth-order valence-electron chi connectivity index (χ4n) is 1.62. The lowest BCUT2D eigenvalue weighted by Gasteiger charge is -2.16. The largest absolute Gasteiger partial charge is 0.481 e. The minimum absolute atomic E-state index is 0.0856. The summed E-state index contributed by atoms with van der Waals surface area (Å²) in [6, 6.07) is 4.97. The maximum atomic E-state index is 11.8. The molecule has 1 aromatic rings. The van der Waals surface area contributed by atoms with E-state index in [1.54, 1.807) is 30.1 Å². The van der Waals surface area contributed by atoms with Crippen molar-refractivity contribution in [2.45, 2.75) is 12.8 Å². The van der Waals surface area contributed by atoms with Crippen LogP contribution in [-0.2, 0) is 9.59 Å². The number of carbonyl (C=O) groups is 2. The number of carbonyl (C=O) groups excluding carboxylic acids is 1. The second kappa shape index (κ2) is 8.09. The van der Waals surface area contributed by atoms with Crippen LogP contribution in [0.4, 0.5) is 5.69 Å². The highest BCUT2D eigenvalue weighted by Gasteiger charge is 2.11. The Hall–Kier alpha value is -1.30. The molecule has 0 aliphatic heterocycles. The van der Waals surface area contributed by atoms with Crippen molar-refractivity contribution in [3.05, 3.63) is 28.2 Å². The van der Waals surface area contributed by atoms with E-state index in [2.05, 4.69) is 5.32 Å². The molecule has 0 aliphatic carbocycles. The van der Waals surface area contributed by atoms with E-state index in [1.165, 1.54) is 0 Å². The molecule has 20 heavy (non-hydrogen) atoms.